The fourth-order valence-electron chi connectivity index (χ4n) is 0. The molecule has 0 aliphatic carbocycles. The molecule has 0 aliphatic rings. The highest BCUT2D eigenvalue weighted by molar-refractivity contribution is 14.2. The highest BCUT2D eigenvalue weighted by Crippen LogP contribution is 1.84. The lowest BCUT2D eigenvalue weighted by molar-refractivity contribution is 0.399. The first-order valence-corrected chi connectivity index (χ1v) is 11.5. The molecule has 28 heavy (non-hydrogen) atoms. The monoisotopic (exact) mass is 588 g/mol. The Morgan fingerprint density at radius 1 is 0.429 bits per heavy atom. The first-order chi connectivity index (χ1) is 13.7. The third-order valence-electron chi connectivity index (χ3n) is 0. The van der Waals surface area contributed by atoms with E-state index in [4.69, 9.17) is 61.0 Å². The van der Waals surface area contributed by atoms with Crippen LogP contribution < -0.4 is 0 Å². The van der Waals surface area contributed by atoms with Gasteiger partial charge >= 0.3 is 0 Å². The standard InChI is InChI=1S/C2H6.11CH4O.H2INPS/c12*1-2;1-4(2)3/h1-2H3;11*2H,1H3;2-3H/q;;;;;;;;;;;;-1. The van der Waals surface area contributed by atoms with Gasteiger partial charge in [-0.15, -0.1) is 0 Å². The van der Waals surface area contributed by atoms with Gasteiger partial charge < -0.3 is 68.0 Å². The SMILES string of the molecule is CC.CO.CO.CO.CO.CO.CO.CO.CO.CO.CO.CO.N=[S-](=P)I. The number of hydrogen-bond acceptors (Lipinski definition) is 13. The number of aliphatic hydroxyl groups is 11. The lowest BCUT2D eigenvalue weighted by Gasteiger charge is -1.71. The zero-order chi connectivity index (χ0) is 27.6. The molecule has 0 aliphatic heterocycles. The van der Waals surface area contributed by atoms with Crippen molar-refractivity contribution in [2.24, 2.45) is 0 Å². The van der Waals surface area contributed by atoms with Crippen LogP contribution in [0.1, 0.15) is 13.8 Å². The highest BCUT2D eigenvalue weighted by Gasteiger charge is 1.12. The Bertz CT molecular complexity index is 96.9. The Kier molecular flexibility index (Phi) is 4520. The van der Waals surface area contributed by atoms with Gasteiger partial charge in [0.05, 0.1) is 0 Å². The van der Waals surface area contributed by atoms with Crippen molar-refractivity contribution in [3.05, 3.63) is 0 Å². The van der Waals surface area contributed by atoms with Crippen molar-refractivity contribution >= 4 is 36.3 Å². The van der Waals surface area contributed by atoms with E-state index in [2.05, 4.69) is 8.02 Å². The molecule has 0 aromatic heterocycles. The molecule has 0 bridgehead atoms. The molecule has 0 unspecified atom stereocenters. The van der Waals surface area contributed by atoms with E-state index in [1.54, 1.807) is 0 Å². The summed E-state index contributed by atoms with van der Waals surface area (Å²) < 4.78 is 6.51. The molecule has 12 N–H and O–H groups in total. The van der Waals surface area contributed by atoms with E-state index in [1.807, 2.05) is 35.1 Å². The zero-order valence-electron chi connectivity index (χ0n) is 19.7. The van der Waals surface area contributed by atoms with Gasteiger partial charge in [-0.25, -0.2) is 21.2 Å². The topological polar surface area (TPSA) is 246 Å². The minimum absolute atomic E-state index is 0.336. The van der Waals surface area contributed by atoms with Gasteiger partial charge in [0.2, 0.25) is 0 Å². The fourth-order valence-corrected chi connectivity index (χ4v) is 0. The van der Waals surface area contributed by atoms with Crippen LogP contribution in [0.25, 0.3) is 0 Å². The van der Waals surface area contributed by atoms with Crippen molar-refractivity contribution in [3.63, 3.8) is 0 Å². The second kappa shape index (κ2) is 1420. The normalized spacial score (nSPS) is 3.79. The number of rotatable bonds is 0. The van der Waals surface area contributed by atoms with Crippen molar-refractivity contribution < 1.29 is 56.2 Å². The predicted octanol–water partition coefficient (Wildman–Crippen LogP) is -1.51. The maximum absolute atomic E-state index is 7.00. The molecule has 15 heteroatoms. The zero-order valence-corrected chi connectivity index (χ0v) is 23.7. The van der Waals surface area contributed by atoms with Crippen LogP contribution >= 0.6 is 29.2 Å². The van der Waals surface area contributed by atoms with Gasteiger partial charge in [0.1, 0.15) is 0 Å². The van der Waals surface area contributed by atoms with E-state index in [1.165, 1.54) is 0 Å². The minimum atomic E-state index is -0.336. The Morgan fingerprint density at radius 3 is 0.429 bits per heavy atom. The number of halogens is 1. The average Bonchev–Trinajstić information content (AvgIpc) is 2.88. The summed E-state index contributed by atoms with van der Waals surface area (Å²) >= 11 is 1.95. The maximum atomic E-state index is 7.00. The summed E-state index contributed by atoms with van der Waals surface area (Å²) in [4.78, 5) is 0. The Labute approximate surface area is 189 Å². The van der Waals surface area contributed by atoms with Crippen LogP contribution in [0.2, 0.25) is 0 Å². The van der Waals surface area contributed by atoms with Gasteiger partial charge in [-0.2, -0.15) is 0 Å². The third-order valence-corrected chi connectivity index (χ3v) is 0. The number of hydrogen-bond donors (Lipinski definition) is 12. The van der Waals surface area contributed by atoms with E-state index in [0.29, 0.717) is 0 Å². The molecule has 0 amide bonds. The highest BCUT2D eigenvalue weighted by atomic mass is 127. The summed E-state index contributed by atoms with van der Waals surface area (Å²) in [6, 6.07) is 0. The molecule has 0 atom stereocenters. The smallest absolute Gasteiger partial charge is 0.0319 e. The van der Waals surface area contributed by atoms with Gasteiger partial charge in [-0.3, -0.25) is 8.02 Å². The number of aliphatic hydroxyl groups excluding tert-OH is 11. The van der Waals surface area contributed by atoms with E-state index in [-0.39, 0.29) is 7.04 Å². The molecule has 12 nitrogen and oxygen atoms in total. The van der Waals surface area contributed by atoms with Gasteiger partial charge in [0.15, 0.2) is 0 Å². The Balaban J connectivity index is -0.00000000800. The largest absolute Gasteiger partial charge is 0.438 e. The van der Waals surface area contributed by atoms with E-state index < -0.39 is 0 Å². The van der Waals surface area contributed by atoms with Crippen LogP contribution in [-0.4, -0.2) is 134 Å². The lowest BCUT2D eigenvalue weighted by atomic mass is 11.0. The quantitative estimate of drug-likeness (QED) is 0.0881. The molecule has 0 spiro atoms. The average molecular weight is 588 g/mol. The van der Waals surface area contributed by atoms with E-state index in [9.17, 15) is 0 Å². The molecule has 0 fully saturated rings. The van der Waals surface area contributed by atoms with Crippen molar-refractivity contribution in [2.45, 2.75) is 13.8 Å². The van der Waals surface area contributed by atoms with Crippen molar-refractivity contribution in [3.8, 4) is 0 Å². The molecule has 0 saturated heterocycles. The van der Waals surface area contributed by atoms with Gasteiger partial charge in [0.25, 0.3) is 0 Å². The summed E-state index contributed by atoms with van der Waals surface area (Å²) in [5.74, 6) is 0. The van der Waals surface area contributed by atoms with Crippen molar-refractivity contribution in [1.82, 2.24) is 0 Å². The first kappa shape index (κ1) is 89.3. The second-order valence-corrected chi connectivity index (χ2v) is 7.13. The van der Waals surface area contributed by atoms with Crippen LogP contribution in [0.4, 0.5) is 0 Å². The molecule has 0 aromatic carbocycles. The predicted molar refractivity (Wildman–Crippen MR) is 133 cm³/mol. The Morgan fingerprint density at radius 2 is 0.429 bits per heavy atom. The van der Waals surface area contributed by atoms with Crippen molar-refractivity contribution in [1.29, 1.82) is 4.78 Å². The fraction of sp³-hybridized carbons (Fsp3) is 1.00. The van der Waals surface area contributed by atoms with Crippen LogP contribution in [0.5, 0.6) is 0 Å². The molecule has 0 radical (unpaired) electrons. The molecule has 0 saturated carbocycles. The van der Waals surface area contributed by atoms with Crippen molar-refractivity contribution in [2.75, 3.05) is 78.2 Å². The Hall–Kier alpha value is 0.740. The molecule has 0 heterocycles. The molecule has 0 rings (SSSR count). The lowest BCUT2D eigenvalue weighted by Crippen LogP contribution is -1.25. The van der Waals surface area contributed by atoms with Gasteiger partial charge in [0, 0.05) is 78.2 Å². The van der Waals surface area contributed by atoms with Gasteiger partial charge in [-0.05, 0) is 0 Å². The van der Waals surface area contributed by atoms with E-state index in [0.717, 1.165) is 78.2 Å². The van der Waals surface area contributed by atoms with Crippen LogP contribution in [0.15, 0.2) is 0 Å². The molecule has 0 aromatic rings. The summed E-state index contributed by atoms with van der Waals surface area (Å²) in [6.07, 6.45) is 0. The van der Waals surface area contributed by atoms with Gasteiger partial charge in [-0.1, -0.05) is 13.8 Å². The summed E-state index contributed by atoms with van der Waals surface area (Å²) in [5, 5.41) is 77.0. The maximum Gasteiger partial charge on any atom is 0.0319 e. The molecular weight excluding hydrogens is 536 g/mol. The minimum Gasteiger partial charge on any atom is -0.438 e. The van der Waals surface area contributed by atoms with Crippen LogP contribution in [0, 0.1) is 4.78 Å². The van der Waals surface area contributed by atoms with E-state index >= 15 is 0 Å². The molecular formula is C13H52INO11PS-. The summed E-state index contributed by atoms with van der Waals surface area (Å²) in [6.45, 7) is 4.00. The van der Waals surface area contributed by atoms with Crippen LogP contribution in [0.3, 0.4) is 0 Å². The first-order valence-electron chi connectivity index (χ1n) is 6.48. The number of nitrogens with one attached hydrogen (secondary N) is 1. The second-order valence-electron chi connectivity index (χ2n) is 0.256. The molecule has 194 valence electrons. The summed E-state index contributed by atoms with van der Waals surface area (Å²) in [5.41, 5.74) is 0. The summed E-state index contributed by atoms with van der Waals surface area (Å²) in [7, 11) is 13.7. The van der Waals surface area contributed by atoms with Crippen LogP contribution in [-0.2, 0) is 7.04 Å². The third kappa shape index (κ3) is 32400.